The van der Waals surface area contributed by atoms with Gasteiger partial charge in [-0.3, -0.25) is 9.69 Å². The quantitative estimate of drug-likeness (QED) is 0.491. The molecule has 1 aliphatic rings. The molecule has 1 aliphatic heterocycles. The molecule has 8 nitrogen and oxygen atoms in total. The lowest BCUT2D eigenvalue weighted by Gasteiger charge is -2.30. The fourth-order valence-electron chi connectivity index (χ4n) is 3.49. The van der Waals surface area contributed by atoms with Crippen molar-refractivity contribution < 1.29 is 19.0 Å². The van der Waals surface area contributed by atoms with Gasteiger partial charge >= 0.3 is 0 Å². The van der Waals surface area contributed by atoms with Gasteiger partial charge < -0.3 is 14.2 Å². The maximum absolute atomic E-state index is 12.9. The number of hydrogen-bond acceptors (Lipinski definition) is 8. The maximum Gasteiger partial charge on any atom is 0.247 e. The SMILES string of the molecule is CCSc1nnc2c(n1)OC(c1ccc(OC)cc1OC)N(C(C)=O)c1ccc(Cl)cc1-2. The van der Waals surface area contributed by atoms with Crippen LogP contribution in [0, 0.1) is 0 Å². The monoisotopic (exact) mass is 472 g/mol. The lowest BCUT2D eigenvalue weighted by Crippen LogP contribution is -2.36. The standard InChI is InChI=1S/C22H21ClN4O4S/c1-5-32-22-24-20-19(25-26-22)16-10-13(23)6-9-17(16)27(12(2)28)21(31-20)15-8-7-14(29-3)11-18(15)30-4/h6-11,21H,5H2,1-4H3. The molecule has 1 amide bonds. The Kier molecular flexibility index (Phi) is 6.38. The Morgan fingerprint density at radius 3 is 2.69 bits per heavy atom. The van der Waals surface area contributed by atoms with Crippen LogP contribution in [0.15, 0.2) is 41.6 Å². The van der Waals surface area contributed by atoms with Crippen molar-refractivity contribution in [1.29, 1.82) is 0 Å². The highest BCUT2D eigenvalue weighted by Crippen LogP contribution is 2.46. The average molecular weight is 473 g/mol. The van der Waals surface area contributed by atoms with Crippen LogP contribution < -0.4 is 19.1 Å². The van der Waals surface area contributed by atoms with Crippen LogP contribution in [0.4, 0.5) is 5.69 Å². The van der Waals surface area contributed by atoms with Crippen molar-refractivity contribution in [3.05, 3.63) is 47.0 Å². The summed E-state index contributed by atoms with van der Waals surface area (Å²) in [5, 5.41) is 9.55. The summed E-state index contributed by atoms with van der Waals surface area (Å²) >= 11 is 7.73. The summed E-state index contributed by atoms with van der Waals surface area (Å²) in [6, 6.07) is 10.5. The summed E-state index contributed by atoms with van der Waals surface area (Å²) < 4.78 is 17.3. The molecular weight excluding hydrogens is 452 g/mol. The molecular formula is C22H21ClN4O4S. The van der Waals surface area contributed by atoms with Crippen LogP contribution in [0.25, 0.3) is 11.3 Å². The second-order valence-electron chi connectivity index (χ2n) is 6.81. The Bertz CT molecular complexity index is 1180. The molecule has 0 spiro atoms. The number of fused-ring (bicyclic) bond motifs is 3. The van der Waals surface area contributed by atoms with Crippen LogP contribution in [-0.4, -0.2) is 41.1 Å². The molecule has 10 heteroatoms. The van der Waals surface area contributed by atoms with E-state index < -0.39 is 6.23 Å². The minimum atomic E-state index is -0.870. The third-order valence-electron chi connectivity index (χ3n) is 4.89. The van der Waals surface area contributed by atoms with Gasteiger partial charge in [0, 0.05) is 23.6 Å². The molecule has 0 fully saturated rings. The Morgan fingerprint density at radius 1 is 1.19 bits per heavy atom. The van der Waals surface area contributed by atoms with Crippen molar-refractivity contribution in [2.24, 2.45) is 0 Å². The highest BCUT2D eigenvalue weighted by Gasteiger charge is 2.36. The van der Waals surface area contributed by atoms with E-state index in [0.29, 0.717) is 44.2 Å². The maximum atomic E-state index is 12.9. The summed E-state index contributed by atoms with van der Waals surface area (Å²) in [4.78, 5) is 19.0. The number of rotatable bonds is 5. The number of thioether (sulfide) groups is 1. The smallest absolute Gasteiger partial charge is 0.247 e. The first-order chi connectivity index (χ1) is 15.5. The molecule has 0 aliphatic carbocycles. The van der Waals surface area contributed by atoms with Gasteiger partial charge in [-0.05, 0) is 36.1 Å². The molecule has 4 rings (SSSR count). The van der Waals surface area contributed by atoms with E-state index in [1.165, 1.54) is 23.6 Å². The highest BCUT2D eigenvalue weighted by atomic mass is 35.5. The average Bonchev–Trinajstić information content (AvgIpc) is 2.92. The number of hydrogen-bond donors (Lipinski definition) is 0. The van der Waals surface area contributed by atoms with E-state index in [9.17, 15) is 4.79 Å². The predicted molar refractivity (Wildman–Crippen MR) is 123 cm³/mol. The molecule has 1 aromatic heterocycles. The molecule has 0 N–H and O–H groups in total. The number of methoxy groups -OCH3 is 2. The number of benzene rings is 2. The molecule has 0 saturated carbocycles. The fourth-order valence-corrected chi connectivity index (χ4v) is 4.17. The van der Waals surface area contributed by atoms with Crippen LogP contribution in [0.2, 0.25) is 5.02 Å². The number of nitrogens with zero attached hydrogens (tertiary/aromatic N) is 4. The van der Waals surface area contributed by atoms with Gasteiger partial charge in [-0.25, -0.2) is 0 Å². The zero-order valence-electron chi connectivity index (χ0n) is 18.0. The number of amides is 1. The van der Waals surface area contributed by atoms with Crippen molar-refractivity contribution in [3.63, 3.8) is 0 Å². The molecule has 0 bridgehead atoms. The summed E-state index contributed by atoms with van der Waals surface area (Å²) in [6.45, 7) is 3.47. The van der Waals surface area contributed by atoms with Crippen molar-refractivity contribution in [2.45, 2.75) is 25.2 Å². The molecule has 2 heterocycles. The van der Waals surface area contributed by atoms with E-state index >= 15 is 0 Å². The summed E-state index contributed by atoms with van der Waals surface area (Å²) in [5.41, 5.74) is 2.21. The van der Waals surface area contributed by atoms with E-state index in [2.05, 4.69) is 15.2 Å². The van der Waals surface area contributed by atoms with E-state index in [-0.39, 0.29) is 11.8 Å². The Labute approximate surface area is 194 Å². The molecule has 3 aromatic rings. The molecule has 32 heavy (non-hydrogen) atoms. The van der Waals surface area contributed by atoms with Gasteiger partial charge in [0.05, 0.1) is 25.5 Å². The van der Waals surface area contributed by atoms with E-state index in [4.69, 9.17) is 25.8 Å². The van der Waals surface area contributed by atoms with E-state index in [0.717, 1.165) is 5.75 Å². The number of halogens is 1. The predicted octanol–water partition coefficient (Wildman–Crippen LogP) is 4.77. The number of aromatic nitrogens is 3. The second-order valence-corrected chi connectivity index (χ2v) is 8.48. The van der Waals surface area contributed by atoms with Gasteiger partial charge in [-0.15, -0.1) is 10.2 Å². The Balaban J connectivity index is 1.98. The van der Waals surface area contributed by atoms with E-state index in [1.54, 1.807) is 50.6 Å². The van der Waals surface area contributed by atoms with Gasteiger partial charge in [0.15, 0.2) is 5.69 Å². The van der Waals surface area contributed by atoms with Gasteiger partial charge in [0.25, 0.3) is 0 Å². The lowest BCUT2D eigenvalue weighted by molar-refractivity contribution is -0.118. The normalized spacial score (nSPS) is 14.7. The minimum Gasteiger partial charge on any atom is -0.497 e. The minimum absolute atomic E-state index is 0.236. The third kappa shape index (κ3) is 4.05. The Morgan fingerprint density at radius 2 is 2.00 bits per heavy atom. The molecule has 1 atom stereocenters. The molecule has 0 saturated heterocycles. The first-order valence-electron chi connectivity index (χ1n) is 9.82. The topological polar surface area (TPSA) is 86.7 Å². The van der Waals surface area contributed by atoms with Crippen LogP contribution in [0.1, 0.15) is 25.6 Å². The van der Waals surface area contributed by atoms with Crippen molar-refractivity contribution in [3.8, 4) is 28.6 Å². The Hall–Kier alpha value is -3.04. The van der Waals surface area contributed by atoms with Gasteiger partial charge in [0.1, 0.15) is 11.5 Å². The first-order valence-corrected chi connectivity index (χ1v) is 11.2. The summed E-state index contributed by atoms with van der Waals surface area (Å²) in [7, 11) is 3.12. The first kappa shape index (κ1) is 22.2. The zero-order chi connectivity index (χ0) is 22.8. The molecule has 1 unspecified atom stereocenters. The van der Waals surface area contributed by atoms with Gasteiger partial charge in [-0.2, -0.15) is 4.98 Å². The molecule has 2 aromatic carbocycles. The second kappa shape index (κ2) is 9.22. The van der Waals surface area contributed by atoms with Crippen molar-refractivity contribution in [1.82, 2.24) is 15.2 Å². The van der Waals surface area contributed by atoms with Crippen LogP contribution in [0.5, 0.6) is 17.4 Å². The number of carbonyl (C=O) groups is 1. The summed E-state index contributed by atoms with van der Waals surface area (Å²) in [6.07, 6.45) is -0.870. The largest absolute Gasteiger partial charge is 0.497 e. The highest BCUT2D eigenvalue weighted by molar-refractivity contribution is 7.99. The van der Waals surface area contributed by atoms with Crippen molar-refractivity contribution >= 4 is 35.0 Å². The van der Waals surface area contributed by atoms with Gasteiger partial charge in [0.2, 0.25) is 23.2 Å². The number of anilines is 1. The van der Waals surface area contributed by atoms with Crippen LogP contribution in [-0.2, 0) is 4.79 Å². The van der Waals surface area contributed by atoms with Crippen LogP contribution >= 0.6 is 23.4 Å². The van der Waals surface area contributed by atoms with Crippen molar-refractivity contribution in [2.75, 3.05) is 24.9 Å². The number of ether oxygens (including phenoxy) is 3. The molecule has 166 valence electrons. The van der Waals surface area contributed by atoms with E-state index in [1.807, 2.05) is 6.92 Å². The molecule has 0 radical (unpaired) electrons. The third-order valence-corrected chi connectivity index (χ3v) is 5.84. The lowest BCUT2D eigenvalue weighted by atomic mass is 10.1. The zero-order valence-corrected chi connectivity index (χ0v) is 19.5. The van der Waals surface area contributed by atoms with Crippen LogP contribution in [0.3, 0.4) is 0 Å². The fraction of sp³-hybridized carbons (Fsp3) is 0.273. The summed E-state index contributed by atoms with van der Waals surface area (Å²) in [5.74, 6) is 1.92. The van der Waals surface area contributed by atoms with Gasteiger partial charge in [-0.1, -0.05) is 30.3 Å². The number of carbonyl (C=O) groups excluding carboxylic acids is 1.